The predicted octanol–water partition coefficient (Wildman–Crippen LogP) is 1.99. The number of hydrogen-bond acceptors (Lipinski definition) is 5. The van der Waals surface area contributed by atoms with E-state index >= 15 is 0 Å². The van der Waals surface area contributed by atoms with Crippen LogP contribution in [0.5, 0.6) is 0 Å². The normalized spacial score (nSPS) is 18.7. The molecule has 0 unspecified atom stereocenters. The average Bonchev–Trinajstić information content (AvgIpc) is 3.08. The average molecular weight is 412 g/mol. The zero-order valence-corrected chi connectivity index (χ0v) is 17.3. The Morgan fingerprint density at radius 2 is 1.85 bits per heavy atom. The van der Waals surface area contributed by atoms with Gasteiger partial charge in [0.25, 0.3) is 0 Å². The van der Waals surface area contributed by atoms with E-state index in [9.17, 15) is 8.42 Å². The van der Waals surface area contributed by atoms with Crippen molar-refractivity contribution in [1.29, 1.82) is 0 Å². The third-order valence-corrected chi connectivity index (χ3v) is 7.47. The van der Waals surface area contributed by atoms with Gasteiger partial charge in [-0.1, -0.05) is 12.1 Å². The lowest BCUT2D eigenvalue weighted by molar-refractivity contribution is 0.307. The van der Waals surface area contributed by atoms with Crippen molar-refractivity contribution in [3.63, 3.8) is 0 Å². The number of aryl methyl sites for hydroxylation is 2. The maximum atomic E-state index is 13.1. The SMILES string of the molecule is Cc1ccc(C)c(S(=O)(=O)N2CCC(c3nnc4n3CCNC4)CC2)c1.Cl. The molecule has 0 spiro atoms. The summed E-state index contributed by atoms with van der Waals surface area (Å²) in [5.74, 6) is 2.28. The van der Waals surface area contributed by atoms with Crippen molar-refractivity contribution in [3.8, 4) is 0 Å². The molecule has 27 heavy (non-hydrogen) atoms. The Kier molecular flexibility index (Phi) is 5.90. The molecule has 1 aromatic heterocycles. The van der Waals surface area contributed by atoms with Crippen molar-refractivity contribution >= 4 is 22.4 Å². The largest absolute Gasteiger partial charge is 0.312 e. The van der Waals surface area contributed by atoms with Crippen LogP contribution in [0.15, 0.2) is 23.1 Å². The third-order valence-electron chi connectivity index (χ3n) is 5.43. The van der Waals surface area contributed by atoms with Gasteiger partial charge in [-0.2, -0.15) is 4.31 Å². The van der Waals surface area contributed by atoms with E-state index in [2.05, 4.69) is 20.1 Å². The minimum atomic E-state index is -3.44. The Labute approximate surface area is 166 Å². The quantitative estimate of drug-likeness (QED) is 0.835. The third kappa shape index (κ3) is 3.76. The molecule has 148 valence electrons. The monoisotopic (exact) mass is 411 g/mol. The van der Waals surface area contributed by atoms with Crippen LogP contribution in [0.2, 0.25) is 0 Å². The fraction of sp³-hybridized carbons (Fsp3) is 0.556. The van der Waals surface area contributed by atoms with Gasteiger partial charge in [0, 0.05) is 32.1 Å². The van der Waals surface area contributed by atoms with Gasteiger partial charge in [-0.25, -0.2) is 8.42 Å². The summed E-state index contributed by atoms with van der Waals surface area (Å²) in [6.45, 7) is 7.41. The number of sulfonamides is 1. The van der Waals surface area contributed by atoms with Gasteiger partial charge in [0.1, 0.15) is 11.6 Å². The fourth-order valence-electron chi connectivity index (χ4n) is 3.90. The van der Waals surface area contributed by atoms with Crippen molar-refractivity contribution < 1.29 is 8.42 Å². The van der Waals surface area contributed by atoms with Gasteiger partial charge < -0.3 is 9.88 Å². The Hall–Kier alpha value is -1.48. The van der Waals surface area contributed by atoms with Gasteiger partial charge in [-0.3, -0.25) is 0 Å². The van der Waals surface area contributed by atoms with Crippen LogP contribution in [-0.2, 0) is 23.1 Å². The van der Waals surface area contributed by atoms with Gasteiger partial charge in [0.05, 0.1) is 11.4 Å². The maximum Gasteiger partial charge on any atom is 0.243 e. The minimum absolute atomic E-state index is 0. The molecule has 1 aromatic carbocycles. The van der Waals surface area contributed by atoms with E-state index in [1.807, 2.05) is 26.0 Å². The van der Waals surface area contributed by atoms with Crippen LogP contribution in [0.4, 0.5) is 0 Å². The van der Waals surface area contributed by atoms with E-state index in [0.29, 0.717) is 18.0 Å². The molecule has 0 saturated carbocycles. The first kappa shape index (κ1) is 20.3. The molecule has 1 N–H and O–H groups in total. The fourth-order valence-corrected chi connectivity index (χ4v) is 5.67. The molecule has 3 heterocycles. The molecule has 0 aliphatic carbocycles. The van der Waals surface area contributed by atoms with Gasteiger partial charge >= 0.3 is 0 Å². The predicted molar refractivity (Wildman–Crippen MR) is 106 cm³/mol. The first-order valence-corrected chi connectivity index (χ1v) is 10.6. The standard InChI is InChI=1S/C18H25N5O2S.ClH/c1-13-3-4-14(2)16(11-13)26(24,25)22-8-5-15(6-9-22)18-21-20-17-12-19-7-10-23(17)18;/h3-4,11,15,19H,5-10,12H2,1-2H3;1H. The molecule has 2 aliphatic heterocycles. The van der Waals surface area contributed by atoms with Gasteiger partial charge in [0.2, 0.25) is 10.0 Å². The molecule has 2 aliphatic rings. The van der Waals surface area contributed by atoms with Crippen LogP contribution in [0.25, 0.3) is 0 Å². The van der Waals surface area contributed by atoms with Crippen LogP contribution in [0.3, 0.4) is 0 Å². The Balaban J connectivity index is 0.00000210. The lowest BCUT2D eigenvalue weighted by atomic mass is 9.97. The summed E-state index contributed by atoms with van der Waals surface area (Å²) in [5, 5.41) is 12.0. The molecule has 1 fully saturated rings. The van der Waals surface area contributed by atoms with Crippen LogP contribution in [0, 0.1) is 13.8 Å². The van der Waals surface area contributed by atoms with Crippen molar-refractivity contribution in [2.24, 2.45) is 0 Å². The van der Waals surface area contributed by atoms with E-state index in [0.717, 1.165) is 55.3 Å². The van der Waals surface area contributed by atoms with Crippen LogP contribution < -0.4 is 5.32 Å². The summed E-state index contributed by atoms with van der Waals surface area (Å²) in [4.78, 5) is 0.432. The molecule has 7 nitrogen and oxygen atoms in total. The van der Waals surface area contributed by atoms with E-state index in [1.54, 1.807) is 10.4 Å². The zero-order chi connectivity index (χ0) is 18.3. The lowest BCUT2D eigenvalue weighted by Crippen LogP contribution is -2.39. The smallest absolute Gasteiger partial charge is 0.243 e. The first-order chi connectivity index (χ1) is 12.5. The maximum absolute atomic E-state index is 13.1. The highest BCUT2D eigenvalue weighted by Gasteiger charge is 2.33. The van der Waals surface area contributed by atoms with Crippen molar-refractivity contribution in [2.75, 3.05) is 19.6 Å². The number of piperidine rings is 1. The molecule has 0 atom stereocenters. The van der Waals surface area contributed by atoms with Crippen molar-refractivity contribution in [3.05, 3.63) is 41.0 Å². The number of fused-ring (bicyclic) bond motifs is 1. The van der Waals surface area contributed by atoms with Crippen LogP contribution >= 0.6 is 12.4 Å². The van der Waals surface area contributed by atoms with Crippen molar-refractivity contribution in [2.45, 2.75) is 50.6 Å². The van der Waals surface area contributed by atoms with Gasteiger partial charge in [-0.15, -0.1) is 22.6 Å². The summed E-state index contributed by atoms with van der Waals surface area (Å²) in [5.41, 5.74) is 1.77. The number of aromatic nitrogens is 3. The summed E-state index contributed by atoms with van der Waals surface area (Å²) in [6.07, 6.45) is 1.57. The molecular weight excluding hydrogens is 386 g/mol. The number of nitrogens with zero attached hydrogens (tertiary/aromatic N) is 4. The number of rotatable bonds is 3. The Morgan fingerprint density at radius 1 is 1.11 bits per heavy atom. The van der Waals surface area contributed by atoms with E-state index in [4.69, 9.17) is 0 Å². The highest BCUT2D eigenvalue weighted by molar-refractivity contribution is 7.89. The summed E-state index contributed by atoms with van der Waals surface area (Å²) in [7, 11) is -3.44. The molecule has 2 aromatic rings. The van der Waals surface area contributed by atoms with Gasteiger partial charge in [-0.05, 0) is 43.9 Å². The molecular formula is C18H26ClN5O2S. The summed E-state index contributed by atoms with van der Waals surface area (Å²) >= 11 is 0. The lowest BCUT2D eigenvalue weighted by Gasteiger charge is -2.31. The number of halogens is 1. The minimum Gasteiger partial charge on any atom is -0.312 e. The summed E-state index contributed by atoms with van der Waals surface area (Å²) in [6, 6.07) is 5.61. The summed E-state index contributed by atoms with van der Waals surface area (Å²) < 4.78 is 30.0. The van der Waals surface area contributed by atoms with E-state index in [-0.39, 0.29) is 18.3 Å². The molecule has 0 amide bonds. The Morgan fingerprint density at radius 3 is 2.59 bits per heavy atom. The second kappa shape index (κ2) is 7.87. The number of hydrogen-bond donors (Lipinski definition) is 1. The molecule has 9 heteroatoms. The van der Waals surface area contributed by atoms with Gasteiger partial charge in [0.15, 0.2) is 0 Å². The molecule has 0 radical (unpaired) electrons. The van der Waals surface area contributed by atoms with Crippen molar-refractivity contribution in [1.82, 2.24) is 24.4 Å². The van der Waals surface area contributed by atoms with Crippen LogP contribution in [0.1, 0.15) is 41.5 Å². The second-order valence-corrected chi connectivity index (χ2v) is 9.16. The van der Waals surface area contributed by atoms with E-state index in [1.165, 1.54) is 0 Å². The molecule has 4 rings (SSSR count). The first-order valence-electron chi connectivity index (χ1n) is 9.17. The zero-order valence-electron chi connectivity index (χ0n) is 15.7. The molecule has 1 saturated heterocycles. The highest BCUT2D eigenvalue weighted by atomic mass is 35.5. The topological polar surface area (TPSA) is 80.1 Å². The molecule has 0 bridgehead atoms. The number of nitrogens with one attached hydrogen (secondary N) is 1. The van der Waals surface area contributed by atoms with E-state index < -0.39 is 10.0 Å². The highest BCUT2D eigenvalue weighted by Crippen LogP contribution is 2.31. The Bertz CT molecular complexity index is 920. The van der Waals surface area contributed by atoms with Crippen LogP contribution in [-0.4, -0.2) is 47.1 Å². The number of benzene rings is 1. The second-order valence-electron chi connectivity index (χ2n) is 7.25.